The second-order valence-electron chi connectivity index (χ2n) is 6.93. The molecule has 0 aromatic heterocycles. The van der Waals surface area contributed by atoms with E-state index in [1.165, 1.54) is 0 Å². The Morgan fingerprint density at radius 2 is 1.96 bits per heavy atom. The predicted molar refractivity (Wildman–Crippen MR) is 90.2 cm³/mol. The van der Waals surface area contributed by atoms with Gasteiger partial charge in [-0.1, -0.05) is 17.7 Å². The molecule has 2 aliphatic heterocycles. The Morgan fingerprint density at radius 1 is 1.17 bits per heavy atom. The molecule has 0 saturated carbocycles. The van der Waals surface area contributed by atoms with Crippen LogP contribution < -0.4 is 0 Å². The third-order valence-corrected chi connectivity index (χ3v) is 5.48. The standard InChI is InChI=1S/C19H26N2O2/c1-3-20-12-9-19(18(20)23)8-5-11-21(13-10-19)17(22)16-7-4-6-15(2)14-16/h4,6-7,14H,3,5,8-13H2,1-2H3/t19-/m1/s1. The van der Waals surface area contributed by atoms with Crippen LogP contribution in [0.5, 0.6) is 0 Å². The summed E-state index contributed by atoms with van der Waals surface area (Å²) in [6.45, 7) is 7.17. The van der Waals surface area contributed by atoms with Crippen molar-refractivity contribution < 1.29 is 9.59 Å². The number of amides is 2. The summed E-state index contributed by atoms with van der Waals surface area (Å²) in [6, 6.07) is 7.77. The van der Waals surface area contributed by atoms with E-state index in [1.54, 1.807) is 0 Å². The Kier molecular flexibility index (Phi) is 4.42. The number of benzene rings is 1. The fourth-order valence-electron chi connectivity index (χ4n) is 4.02. The van der Waals surface area contributed by atoms with E-state index in [4.69, 9.17) is 0 Å². The second-order valence-corrected chi connectivity index (χ2v) is 6.93. The zero-order chi connectivity index (χ0) is 16.4. The van der Waals surface area contributed by atoms with Gasteiger partial charge in [0.1, 0.15) is 0 Å². The molecule has 0 N–H and O–H groups in total. The Hall–Kier alpha value is -1.84. The number of carbonyl (C=O) groups excluding carboxylic acids is 2. The van der Waals surface area contributed by atoms with E-state index >= 15 is 0 Å². The Labute approximate surface area is 138 Å². The average Bonchev–Trinajstić information content (AvgIpc) is 2.73. The van der Waals surface area contributed by atoms with Crippen LogP contribution in [0, 0.1) is 12.3 Å². The van der Waals surface area contributed by atoms with Gasteiger partial charge >= 0.3 is 0 Å². The van der Waals surface area contributed by atoms with Gasteiger partial charge in [-0.15, -0.1) is 0 Å². The third kappa shape index (κ3) is 2.99. The van der Waals surface area contributed by atoms with Gasteiger partial charge in [-0.25, -0.2) is 0 Å². The van der Waals surface area contributed by atoms with Crippen molar-refractivity contribution in [2.45, 2.75) is 39.5 Å². The summed E-state index contributed by atoms with van der Waals surface area (Å²) in [4.78, 5) is 29.3. The van der Waals surface area contributed by atoms with Gasteiger partial charge < -0.3 is 9.80 Å². The first-order valence-electron chi connectivity index (χ1n) is 8.71. The average molecular weight is 314 g/mol. The smallest absolute Gasteiger partial charge is 0.253 e. The molecular formula is C19H26N2O2. The van der Waals surface area contributed by atoms with Crippen LogP contribution in [0.25, 0.3) is 0 Å². The predicted octanol–water partition coefficient (Wildman–Crippen LogP) is 2.86. The molecular weight excluding hydrogens is 288 g/mol. The van der Waals surface area contributed by atoms with Crippen LogP contribution in [-0.2, 0) is 4.79 Å². The van der Waals surface area contributed by atoms with E-state index in [-0.39, 0.29) is 11.3 Å². The molecule has 2 aliphatic rings. The lowest BCUT2D eigenvalue weighted by Crippen LogP contribution is -2.36. The highest BCUT2D eigenvalue weighted by Crippen LogP contribution is 2.41. The van der Waals surface area contributed by atoms with Crippen molar-refractivity contribution in [2.24, 2.45) is 5.41 Å². The molecule has 2 fully saturated rings. The molecule has 2 saturated heterocycles. The Bertz CT molecular complexity index is 613. The molecule has 23 heavy (non-hydrogen) atoms. The maximum Gasteiger partial charge on any atom is 0.253 e. The highest BCUT2D eigenvalue weighted by Gasteiger charge is 2.46. The van der Waals surface area contributed by atoms with Crippen LogP contribution in [0.15, 0.2) is 24.3 Å². The molecule has 0 bridgehead atoms. The second kappa shape index (κ2) is 6.34. The first-order valence-corrected chi connectivity index (χ1v) is 8.71. The molecule has 1 aromatic rings. The SMILES string of the molecule is CCN1CC[C@@]2(CCCN(C(=O)c3cccc(C)c3)CC2)C1=O. The van der Waals surface area contributed by atoms with Gasteiger partial charge in [0.15, 0.2) is 0 Å². The zero-order valence-corrected chi connectivity index (χ0v) is 14.2. The fraction of sp³-hybridized carbons (Fsp3) is 0.579. The summed E-state index contributed by atoms with van der Waals surface area (Å²) in [5.74, 6) is 0.411. The van der Waals surface area contributed by atoms with Crippen LogP contribution in [0.2, 0.25) is 0 Å². The van der Waals surface area contributed by atoms with Crippen molar-refractivity contribution in [3.05, 3.63) is 35.4 Å². The minimum Gasteiger partial charge on any atom is -0.342 e. The first kappa shape index (κ1) is 16.0. The van der Waals surface area contributed by atoms with Crippen LogP contribution in [0.4, 0.5) is 0 Å². The molecule has 0 unspecified atom stereocenters. The zero-order valence-electron chi connectivity index (χ0n) is 14.2. The molecule has 4 heteroatoms. The van der Waals surface area contributed by atoms with Crippen LogP contribution in [-0.4, -0.2) is 47.8 Å². The number of hydrogen-bond donors (Lipinski definition) is 0. The molecule has 3 rings (SSSR count). The van der Waals surface area contributed by atoms with Gasteiger partial charge in [0.25, 0.3) is 5.91 Å². The maximum absolute atomic E-state index is 12.7. The van der Waals surface area contributed by atoms with Gasteiger partial charge in [-0.3, -0.25) is 9.59 Å². The number of rotatable bonds is 2. The van der Waals surface area contributed by atoms with E-state index < -0.39 is 0 Å². The molecule has 0 radical (unpaired) electrons. The summed E-state index contributed by atoms with van der Waals surface area (Å²) < 4.78 is 0. The lowest BCUT2D eigenvalue weighted by atomic mass is 9.79. The van der Waals surface area contributed by atoms with Crippen LogP contribution in [0.1, 0.15) is 48.5 Å². The largest absolute Gasteiger partial charge is 0.342 e. The van der Waals surface area contributed by atoms with E-state index in [0.717, 1.165) is 56.4 Å². The number of hydrogen-bond acceptors (Lipinski definition) is 2. The molecule has 124 valence electrons. The highest BCUT2D eigenvalue weighted by molar-refractivity contribution is 5.94. The van der Waals surface area contributed by atoms with E-state index in [9.17, 15) is 9.59 Å². The lowest BCUT2D eigenvalue weighted by molar-refractivity contribution is -0.136. The number of likely N-dealkylation sites (tertiary alicyclic amines) is 2. The monoisotopic (exact) mass is 314 g/mol. The van der Waals surface area contributed by atoms with Crippen molar-refractivity contribution in [1.82, 2.24) is 9.80 Å². The first-order chi connectivity index (χ1) is 11.1. The molecule has 2 amide bonds. The minimum absolute atomic E-state index is 0.101. The highest BCUT2D eigenvalue weighted by atomic mass is 16.2. The summed E-state index contributed by atoms with van der Waals surface area (Å²) in [5.41, 5.74) is 1.65. The van der Waals surface area contributed by atoms with Crippen molar-refractivity contribution in [3.63, 3.8) is 0 Å². The normalized spacial score (nSPS) is 25.0. The van der Waals surface area contributed by atoms with Crippen molar-refractivity contribution in [3.8, 4) is 0 Å². The molecule has 1 spiro atoms. The van der Waals surface area contributed by atoms with Gasteiger partial charge in [0, 0.05) is 31.7 Å². The summed E-state index contributed by atoms with van der Waals surface area (Å²) >= 11 is 0. The maximum atomic E-state index is 12.7. The fourth-order valence-corrected chi connectivity index (χ4v) is 4.02. The van der Waals surface area contributed by atoms with Crippen molar-refractivity contribution in [2.75, 3.05) is 26.2 Å². The van der Waals surface area contributed by atoms with Crippen LogP contribution in [0.3, 0.4) is 0 Å². The van der Waals surface area contributed by atoms with Gasteiger partial charge in [0.05, 0.1) is 5.41 Å². The third-order valence-electron chi connectivity index (χ3n) is 5.48. The molecule has 1 atom stereocenters. The molecule has 0 aliphatic carbocycles. The van der Waals surface area contributed by atoms with Crippen molar-refractivity contribution in [1.29, 1.82) is 0 Å². The number of carbonyl (C=O) groups is 2. The van der Waals surface area contributed by atoms with Gasteiger partial charge in [-0.05, 0) is 51.7 Å². The van der Waals surface area contributed by atoms with Crippen molar-refractivity contribution >= 4 is 11.8 Å². The van der Waals surface area contributed by atoms with Gasteiger partial charge in [-0.2, -0.15) is 0 Å². The Morgan fingerprint density at radius 3 is 2.65 bits per heavy atom. The summed E-state index contributed by atoms with van der Waals surface area (Å²) in [5, 5.41) is 0. The lowest BCUT2D eigenvalue weighted by Gasteiger charge is -2.26. The van der Waals surface area contributed by atoms with E-state index in [1.807, 2.05) is 47.9 Å². The minimum atomic E-state index is -0.211. The molecule has 4 nitrogen and oxygen atoms in total. The topological polar surface area (TPSA) is 40.6 Å². The number of aryl methyl sites for hydroxylation is 1. The molecule has 2 heterocycles. The van der Waals surface area contributed by atoms with E-state index in [0.29, 0.717) is 12.5 Å². The van der Waals surface area contributed by atoms with Gasteiger partial charge in [0.2, 0.25) is 5.91 Å². The number of nitrogens with zero attached hydrogens (tertiary/aromatic N) is 2. The van der Waals surface area contributed by atoms with Crippen LogP contribution >= 0.6 is 0 Å². The molecule has 1 aromatic carbocycles. The summed E-state index contributed by atoms with van der Waals surface area (Å²) in [6.07, 6.45) is 3.59. The quantitative estimate of drug-likeness (QED) is 0.842. The van der Waals surface area contributed by atoms with E-state index in [2.05, 4.69) is 0 Å². The Balaban J connectivity index is 1.72. The summed E-state index contributed by atoms with van der Waals surface area (Å²) in [7, 11) is 0.